The smallest absolute Gasteiger partial charge is 0.318 e. The van der Waals surface area contributed by atoms with Gasteiger partial charge in [0.15, 0.2) is 9.84 Å². The summed E-state index contributed by atoms with van der Waals surface area (Å²) < 4.78 is 25.8. The van der Waals surface area contributed by atoms with Crippen LogP contribution in [0.4, 0.5) is 4.79 Å². The van der Waals surface area contributed by atoms with E-state index in [-0.39, 0.29) is 41.0 Å². The van der Waals surface area contributed by atoms with Crippen LogP contribution >= 0.6 is 0 Å². The summed E-state index contributed by atoms with van der Waals surface area (Å²) in [4.78, 5) is 28.2. The van der Waals surface area contributed by atoms with Gasteiger partial charge in [0.1, 0.15) is 6.04 Å². The fraction of sp³-hybridized carbons (Fsp3) is 0.500. The Hall–Kier alpha value is -2.91. The molecule has 1 heterocycles. The Kier molecular flexibility index (Phi) is 11.0. The third kappa shape index (κ3) is 9.48. The molecule has 202 valence electrons. The molecule has 2 aromatic carbocycles. The Morgan fingerprint density at radius 1 is 0.919 bits per heavy atom. The van der Waals surface area contributed by atoms with E-state index in [1.807, 2.05) is 44.2 Å². The zero-order chi connectivity index (χ0) is 26.7. The third-order valence-electron chi connectivity index (χ3n) is 6.53. The summed E-state index contributed by atoms with van der Waals surface area (Å²) >= 11 is 0. The van der Waals surface area contributed by atoms with E-state index < -0.39 is 15.9 Å². The van der Waals surface area contributed by atoms with Gasteiger partial charge in [0, 0.05) is 32.2 Å². The highest BCUT2D eigenvalue weighted by Crippen LogP contribution is 2.15. The maximum Gasteiger partial charge on any atom is 0.318 e. The van der Waals surface area contributed by atoms with E-state index in [4.69, 9.17) is 0 Å². The summed E-state index contributed by atoms with van der Waals surface area (Å²) in [5, 5.41) is 9.22. The molecule has 3 rings (SSSR count). The van der Waals surface area contributed by atoms with Gasteiger partial charge in [0.25, 0.3) is 0 Å². The normalized spacial score (nSPS) is 15.7. The molecule has 9 heteroatoms. The molecule has 0 spiro atoms. The van der Waals surface area contributed by atoms with Crippen LogP contribution in [0.1, 0.15) is 38.7 Å². The van der Waals surface area contributed by atoms with Crippen molar-refractivity contribution < 1.29 is 18.0 Å². The highest BCUT2D eigenvalue weighted by atomic mass is 32.2. The molecule has 0 aliphatic carbocycles. The fourth-order valence-corrected chi connectivity index (χ4v) is 5.83. The number of carbonyl (C=O) groups excluding carboxylic acids is 2. The number of nitrogens with one attached hydrogen (secondary N) is 3. The van der Waals surface area contributed by atoms with Crippen LogP contribution in [0.5, 0.6) is 0 Å². The lowest BCUT2D eigenvalue weighted by atomic mass is 10.0. The molecule has 3 N–H and O–H groups in total. The minimum Gasteiger partial charge on any atom is -0.352 e. The van der Waals surface area contributed by atoms with Crippen molar-refractivity contribution in [3.05, 3.63) is 66.2 Å². The Balaban J connectivity index is 1.69. The largest absolute Gasteiger partial charge is 0.352 e. The van der Waals surface area contributed by atoms with Crippen molar-refractivity contribution in [1.29, 1.82) is 0 Å². The number of amides is 3. The van der Waals surface area contributed by atoms with Crippen molar-refractivity contribution >= 4 is 21.8 Å². The molecule has 3 amide bonds. The second-order valence-corrected chi connectivity index (χ2v) is 12.1. The number of benzene rings is 2. The molecule has 0 radical (unpaired) electrons. The van der Waals surface area contributed by atoms with Gasteiger partial charge >= 0.3 is 6.03 Å². The molecule has 2 aromatic rings. The Morgan fingerprint density at radius 3 is 2.16 bits per heavy atom. The Labute approximate surface area is 221 Å². The van der Waals surface area contributed by atoms with Crippen LogP contribution < -0.4 is 16.0 Å². The molecule has 8 nitrogen and oxygen atoms in total. The van der Waals surface area contributed by atoms with Gasteiger partial charge in [-0.3, -0.25) is 4.79 Å². The highest BCUT2D eigenvalue weighted by molar-refractivity contribution is 7.91. The van der Waals surface area contributed by atoms with E-state index in [0.717, 1.165) is 18.7 Å². The number of aryl methyl sites for hydroxylation is 1. The highest BCUT2D eigenvalue weighted by Gasteiger charge is 2.27. The number of sulfone groups is 1. The standard InChI is InChI=1S/C28H40N4O4S/c1-22(2)21-26(31-28(34)32-18-16-29-17-19-32)27(33)30-24(14-13-23-9-5-3-6-10-23)15-20-37(35,36)25-11-7-4-8-12-25/h3-12,22,24,26,29H,13-21H2,1-2H3,(H,30,33)(H,31,34)/t24-,26-/m0/s1. The zero-order valence-corrected chi connectivity index (χ0v) is 22.7. The summed E-state index contributed by atoms with van der Waals surface area (Å²) in [6.45, 7) is 6.67. The maximum absolute atomic E-state index is 13.4. The van der Waals surface area contributed by atoms with Crippen molar-refractivity contribution in [2.45, 2.75) is 56.5 Å². The minimum absolute atomic E-state index is 0.0707. The second kappa shape index (κ2) is 14.1. The molecule has 1 fully saturated rings. The first kappa shape index (κ1) is 28.7. The minimum atomic E-state index is -3.48. The average molecular weight is 529 g/mol. The zero-order valence-electron chi connectivity index (χ0n) is 21.9. The number of hydrogen-bond acceptors (Lipinski definition) is 5. The molecule has 0 saturated carbocycles. The predicted molar refractivity (Wildman–Crippen MR) is 146 cm³/mol. The molecule has 0 bridgehead atoms. The number of piperazine rings is 1. The number of urea groups is 1. The molecule has 1 saturated heterocycles. The van der Waals surface area contributed by atoms with E-state index in [0.29, 0.717) is 32.4 Å². The Morgan fingerprint density at radius 2 is 1.54 bits per heavy atom. The number of hydrogen-bond donors (Lipinski definition) is 3. The number of nitrogens with zero attached hydrogens (tertiary/aromatic N) is 1. The van der Waals surface area contributed by atoms with E-state index in [1.54, 1.807) is 35.2 Å². The van der Waals surface area contributed by atoms with Crippen LogP contribution in [0.3, 0.4) is 0 Å². The lowest BCUT2D eigenvalue weighted by Crippen LogP contribution is -2.56. The van der Waals surface area contributed by atoms with Gasteiger partial charge in [-0.15, -0.1) is 0 Å². The molecule has 0 aromatic heterocycles. The van der Waals surface area contributed by atoms with Gasteiger partial charge in [0.05, 0.1) is 10.6 Å². The molecule has 1 aliphatic rings. The third-order valence-corrected chi connectivity index (χ3v) is 8.30. The first-order valence-corrected chi connectivity index (χ1v) is 14.8. The van der Waals surface area contributed by atoms with Gasteiger partial charge in [-0.25, -0.2) is 13.2 Å². The summed E-state index contributed by atoms with van der Waals surface area (Å²) in [7, 11) is -3.48. The molecular formula is C28H40N4O4S. The van der Waals surface area contributed by atoms with Crippen molar-refractivity contribution in [2.24, 2.45) is 5.92 Å². The summed E-state index contributed by atoms with van der Waals surface area (Å²) in [6, 6.07) is 17.0. The van der Waals surface area contributed by atoms with Gasteiger partial charge in [-0.05, 0) is 49.3 Å². The van der Waals surface area contributed by atoms with Crippen LogP contribution in [0.15, 0.2) is 65.6 Å². The van der Waals surface area contributed by atoms with Crippen LogP contribution in [-0.2, 0) is 21.1 Å². The van der Waals surface area contributed by atoms with Crippen molar-refractivity contribution in [3.63, 3.8) is 0 Å². The Bertz CT molecular complexity index is 1090. The first-order valence-electron chi connectivity index (χ1n) is 13.1. The number of carbonyl (C=O) groups is 2. The average Bonchev–Trinajstić information content (AvgIpc) is 2.91. The fourth-order valence-electron chi connectivity index (χ4n) is 4.43. The van der Waals surface area contributed by atoms with Gasteiger partial charge in [0.2, 0.25) is 5.91 Å². The van der Waals surface area contributed by atoms with Crippen molar-refractivity contribution in [2.75, 3.05) is 31.9 Å². The summed E-state index contributed by atoms with van der Waals surface area (Å²) in [5.41, 5.74) is 1.12. The second-order valence-electron chi connectivity index (χ2n) is 10.0. The molecule has 2 atom stereocenters. The monoisotopic (exact) mass is 528 g/mol. The van der Waals surface area contributed by atoms with Crippen LogP contribution in [0.25, 0.3) is 0 Å². The SMILES string of the molecule is CC(C)C[C@H](NC(=O)N1CCNCC1)C(=O)N[C@@H](CCc1ccccc1)CCS(=O)(=O)c1ccccc1. The maximum atomic E-state index is 13.4. The van der Waals surface area contributed by atoms with Crippen LogP contribution in [-0.4, -0.2) is 69.3 Å². The van der Waals surface area contributed by atoms with Crippen LogP contribution in [0.2, 0.25) is 0 Å². The van der Waals surface area contributed by atoms with Crippen LogP contribution in [0, 0.1) is 5.92 Å². The number of rotatable bonds is 12. The summed E-state index contributed by atoms with van der Waals surface area (Å²) in [5.74, 6) is -0.147. The van der Waals surface area contributed by atoms with E-state index in [1.165, 1.54) is 0 Å². The lowest BCUT2D eigenvalue weighted by molar-refractivity contribution is -0.124. The molecule has 1 aliphatic heterocycles. The van der Waals surface area contributed by atoms with Crippen molar-refractivity contribution in [1.82, 2.24) is 20.9 Å². The lowest BCUT2D eigenvalue weighted by Gasteiger charge is -2.30. The quantitative estimate of drug-likeness (QED) is 0.393. The summed E-state index contributed by atoms with van der Waals surface area (Å²) in [6.07, 6.45) is 2.09. The topological polar surface area (TPSA) is 108 Å². The van der Waals surface area contributed by atoms with Gasteiger partial charge in [-0.2, -0.15) is 0 Å². The predicted octanol–water partition coefficient (Wildman–Crippen LogP) is 3.00. The van der Waals surface area contributed by atoms with E-state index >= 15 is 0 Å². The first-order chi connectivity index (χ1) is 17.7. The van der Waals surface area contributed by atoms with E-state index in [2.05, 4.69) is 16.0 Å². The van der Waals surface area contributed by atoms with Gasteiger partial charge < -0.3 is 20.9 Å². The molecular weight excluding hydrogens is 488 g/mol. The van der Waals surface area contributed by atoms with Crippen molar-refractivity contribution in [3.8, 4) is 0 Å². The van der Waals surface area contributed by atoms with E-state index in [9.17, 15) is 18.0 Å². The molecule has 0 unspecified atom stereocenters. The van der Waals surface area contributed by atoms with Gasteiger partial charge in [-0.1, -0.05) is 62.4 Å². The molecule has 37 heavy (non-hydrogen) atoms.